The summed E-state index contributed by atoms with van der Waals surface area (Å²) in [6, 6.07) is 17.1. The highest BCUT2D eigenvalue weighted by atomic mass is 16.1. The van der Waals surface area contributed by atoms with Gasteiger partial charge in [0.1, 0.15) is 0 Å². The maximum absolute atomic E-state index is 11.8. The number of carbonyl (C=O) groups is 1. The fourth-order valence-electron chi connectivity index (χ4n) is 3.66. The van der Waals surface area contributed by atoms with Crippen molar-refractivity contribution in [2.45, 2.75) is 18.3 Å². The Bertz CT molecular complexity index is 629. The maximum Gasteiger partial charge on any atom is 0.221 e. The van der Waals surface area contributed by atoms with Gasteiger partial charge in [0.15, 0.2) is 0 Å². The van der Waals surface area contributed by atoms with Gasteiger partial charge in [-0.05, 0) is 28.7 Å². The summed E-state index contributed by atoms with van der Waals surface area (Å²) in [6.07, 6.45) is 1.54. The van der Waals surface area contributed by atoms with Gasteiger partial charge >= 0.3 is 0 Å². The quantitative estimate of drug-likeness (QED) is 0.763. The van der Waals surface area contributed by atoms with E-state index >= 15 is 0 Å². The van der Waals surface area contributed by atoms with Crippen LogP contribution in [-0.2, 0) is 16.6 Å². The number of rotatable bonds is 0. The molecule has 0 saturated carbocycles. The Balaban J connectivity index is 2.01. The van der Waals surface area contributed by atoms with Gasteiger partial charge in [0.05, 0.1) is 0 Å². The molecular weight excluding hydrogens is 234 g/mol. The molecule has 0 radical (unpaired) electrons. The molecule has 4 rings (SSSR count). The molecular formula is C17H15NO. The van der Waals surface area contributed by atoms with Gasteiger partial charge in [0.25, 0.3) is 0 Å². The lowest BCUT2D eigenvalue weighted by Gasteiger charge is -2.36. The SMILES string of the molecule is O=C1CC2(CN1)c1ccccc1Cc1ccccc12. The summed E-state index contributed by atoms with van der Waals surface area (Å²) < 4.78 is 0. The molecule has 1 saturated heterocycles. The summed E-state index contributed by atoms with van der Waals surface area (Å²) in [5, 5.41) is 3.02. The molecule has 1 aliphatic heterocycles. The monoisotopic (exact) mass is 249 g/mol. The molecule has 1 fully saturated rings. The molecule has 1 spiro atoms. The largest absolute Gasteiger partial charge is 0.355 e. The van der Waals surface area contributed by atoms with Crippen LogP contribution < -0.4 is 5.32 Å². The van der Waals surface area contributed by atoms with Gasteiger partial charge < -0.3 is 5.32 Å². The number of amides is 1. The molecule has 19 heavy (non-hydrogen) atoms. The van der Waals surface area contributed by atoms with E-state index < -0.39 is 0 Å². The van der Waals surface area contributed by atoms with Crippen molar-refractivity contribution in [3.05, 3.63) is 70.8 Å². The molecule has 0 bridgehead atoms. The van der Waals surface area contributed by atoms with E-state index in [1.165, 1.54) is 22.3 Å². The first kappa shape index (κ1) is 10.8. The van der Waals surface area contributed by atoms with Crippen LogP contribution in [0.25, 0.3) is 0 Å². The summed E-state index contributed by atoms with van der Waals surface area (Å²) in [7, 11) is 0. The third-order valence-electron chi connectivity index (χ3n) is 4.50. The molecule has 1 amide bonds. The number of fused-ring (bicyclic) bond motifs is 4. The summed E-state index contributed by atoms with van der Waals surface area (Å²) in [5.74, 6) is 0.159. The molecule has 2 aromatic carbocycles. The molecule has 1 heterocycles. The molecule has 2 aliphatic rings. The maximum atomic E-state index is 11.8. The van der Waals surface area contributed by atoms with E-state index in [4.69, 9.17) is 0 Å². The first-order valence-electron chi connectivity index (χ1n) is 6.73. The Kier molecular flexibility index (Phi) is 2.10. The van der Waals surface area contributed by atoms with Crippen LogP contribution in [-0.4, -0.2) is 12.5 Å². The van der Waals surface area contributed by atoms with Gasteiger partial charge in [-0.15, -0.1) is 0 Å². The Labute approximate surface area is 112 Å². The van der Waals surface area contributed by atoms with Crippen molar-refractivity contribution in [1.82, 2.24) is 5.32 Å². The van der Waals surface area contributed by atoms with Crippen LogP contribution in [0.2, 0.25) is 0 Å². The molecule has 0 unspecified atom stereocenters. The molecule has 1 aliphatic carbocycles. The molecule has 1 N–H and O–H groups in total. The summed E-state index contributed by atoms with van der Waals surface area (Å²) in [5.41, 5.74) is 5.22. The second-order valence-electron chi connectivity index (χ2n) is 5.53. The standard InChI is InChI=1S/C17H15NO/c19-16-10-17(11-18-16)14-7-3-1-5-12(14)9-13-6-2-4-8-15(13)17/h1-8H,9-11H2,(H,18,19). The zero-order valence-electron chi connectivity index (χ0n) is 10.6. The van der Waals surface area contributed by atoms with E-state index in [0.29, 0.717) is 6.42 Å². The van der Waals surface area contributed by atoms with Crippen molar-refractivity contribution in [2.24, 2.45) is 0 Å². The second-order valence-corrected chi connectivity index (χ2v) is 5.53. The number of hydrogen-bond donors (Lipinski definition) is 1. The van der Waals surface area contributed by atoms with Gasteiger partial charge in [0.2, 0.25) is 5.91 Å². The Morgan fingerprint density at radius 3 is 2.00 bits per heavy atom. The van der Waals surface area contributed by atoms with Crippen molar-refractivity contribution in [3.63, 3.8) is 0 Å². The first-order valence-corrected chi connectivity index (χ1v) is 6.73. The first-order chi connectivity index (χ1) is 9.29. The van der Waals surface area contributed by atoms with Crippen LogP contribution in [0.15, 0.2) is 48.5 Å². The highest BCUT2D eigenvalue weighted by molar-refractivity contribution is 5.83. The summed E-state index contributed by atoms with van der Waals surface area (Å²) in [4.78, 5) is 11.8. The van der Waals surface area contributed by atoms with E-state index in [2.05, 4.69) is 53.8 Å². The van der Waals surface area contributed by atoms with E-state index in [-0.39, 0.29) is 11.3 Å². The van der Waals surface area contributed by atoms with Crippen molar-refractivity contribution < 1.29 is 4.79 Å². The number of benzene rings is 2. The van der Waals surface area contributed by atoms with E-state index in [1.807, 2.05) is 0 Å². The van der Waals surface area contributed by atoms with Crippen LogP contribution >= 0.6 is 0 Å². The summed E-state index contributed by atoms with van der Waals surface area (Å²) in [6.45, 7) is 0.722. The minimum atomic E-state index is -0.150. The Morgan fingerprint density at radius 1 is 0.895 bits per heavy atom. The number of hydrogen-bond acceptors (Lipinski definition) is 1. The highest BCUT2D eigenvalue weighted by Crippen LogP contribution is 2.45. The zero-order chi connectivity index (χ0) is 12.9. The Hall–Kier alpha value is -2.09. The average Bonchev–Trinajstić information content (AvgIpc) is 2.82. The predicted molar refractivity (Wildman–Crippen MR) is 74.1 cm³/mol. The highest BCUT2D eigenvalue weighted by Gasteiger charge is 2.45. The second kappa shape index (κ2) is 3.70. The molecule has 2 nitrogen and oxygen atoms in total. The lowest BCUT2D eigenvalue weighted by atomic mass is 9.66. The number of nitrogens with one attached hydrogen (secondary N) is 1. The van der Waals surface area contributed by atoms with Gasteiger partial charge in [-0.1, -0.05) is 48.5 Å². The lowest BCUT2D eigenvalue weighted by molar-refractivity contribution is -0.119. The predicted octanol–water partition coefficient (Wildman–Crippen LogP) is 2.40. The molecule has 0 atom stereocenters. The third-order valence-corrected chi connectivity index (χ3v) is 4.50. The molecule has 0 aromatic heterocycles. The van der Waals surface area contributed by atoms with Crippen molar-refractivity contribution in [3.8, 4) is 0 Å². The van der Waals surface area contributed by atoms with E-state index in [9.17, 15) is 4.79 Å². The topological polar surface area (TPSA) is 29.1 Å². The molecule has 2 heteroatoms. The van der Waals surface area contributed by atoms with Crippen LogP contribution in [0.5, 0.6) is 0 Å². The van der Waals surface area contributed by atoms with Crippen LogP contribution in [0.3, 0.4) is 0 Å². The van der Waals surface area contributed by atoms with Gasteiger partial charge in [0, 0.05) is 18.4 Å². The van der Waals surface area contributed by atoms with Crippen molar-refractivity contribution in [2.75, 3.05) is 6.54 Å². The van der Waals surface area contributed by atoms with Crippen LogP contribution in [0.4, 0.5) is 0 Å². The Morgan fingerprint density at radius 2 is 1.47 bits per heavy atom. The minimum absolute atomic E-state index is 0.150. The van der Waals surface area contributed by atoms with E-state index in [1.54, 1.807) is 0 Å². The van der Waals surface area contributed by atoms with Gasteiger partial charge in [-0.2, -0.15) is 0 Å². The van der Waals surface area contributed by atoms with Crippen LogP contribution in [0.1, 0.15) is 28.7 Å². The average molecular weight is 249 g/mol. The van der Waals surface area contributed by atoms with Gasteiger partial charge in [-0.25, -0.2) is 0 Å². The summed E-state index contributed by atoms with van der Waals surface area (Å²) >= 11 is 0. The third kappa shape index (κ3) is 1.40. The fourth-order valence-corrected chi connectivity index (χ4v) is 3.66. The lowest BCUT2D eigenvalue weighted by Crippen LogP contribution is -2.35. The van der Waals surface area contributed by atoms with Crippen molar-refractivity contribution in [1.29, 1.82) is 0 Å². The van der Waals surface area contributed by atoms with Crippen molar-refractivity contribution >= 4 is 5.91 Å². The minimum Gasteiger partial charge on any atom is -0.355 e. The van der Waals surface area contributed by atoms with Crippen LogP contribution in [0, 0.1) is 0 Å². The molecule has 94 valence electrons. The smallest absolute Gasteiger partial charge is 0.221 e. The normalized spacial score (nSPS) is 18.8. The van der Waals surface area contributed by atoms with Gasteiger partial charge in [-0.3, -0.25) is 4.79 Å². The zero-order valence-corrected chi connectivity index (χ0v) is 10.6. The molecule has 2 aromatic rings. The fraction of sp³-hybridized carbons (Fsp3) is 0.235. The van der Waals surface area contributed by atoms with E-state index in [0.717, 1.165) is 13.0 Å². The number of carbonyl (C=O) groups excluding carboxylic acids is 1.